The Hall–Kier alpha value is -1.93. The maximum atomic E-state index is 11.5. The van der Waals surface area contributed by atoms with E-state index in [1.54, 1.807) is 19.1 Å². The number of rotatable bonds is 7. The summed E-state index contributed by atoms with van der Waals surface area (Å²) in [6.07, 6.45) is 1.47. The van der Waals surface area contributed by atoms with Crippen LogP contribution < -0.4 is 9.46 Å². The molecule has 2 aromatic rings. The van der Waals surface area contributed by atoms with Crippen LogP contribution in [-0.2, 0) is 27.7 Å². The molecule has 1 aromatic heterocycles. The van der Waals surface area contributed by atoms with Crippen molar-refractivity contribution in [3.63, 3.8) is 0 Å². The van der Waals surface area contributed by atoms with Gasteiger partial charge in [-0.1, -0.05) is 12.1 Å². The summed E-state index contributed by atoms with van der Waals surface area (Å²) in [5.74, 6) is 0.199. The molecule has 1 aromatic carbocycles. The highest BCUT2D eigenvalue weighted by atomic mass is 32.2. The molecule has 0 saturated heterocycles. The van der Waals surface area contributed by atoms with Crippen molar-refractivity contribution < 1.29 is 17.9 Å². The number of aryl methyl sites for hydroxylation is 2. The lowest BCUT2D eigenvalue weighted by atomic mass is 10.1. The van der Waals surface area contributed by atoms with Crippen LogP contribution in [0.2, 0.25) is 0 Å². The van der Waals surface area contributed by atoms with E-state index in [0.717, 1.165) is 17.7 Å². The Morgan fingerprint density at radius 3 is 2.57 bits per heavy atom. The van der Waals surface area contributed by atoms with E-state index in [9.17, 15) is 13.2 Å². The first kappa shape index (κ1) is 17.4. The van der Waals surface area contributed by atoms with E-state index in [2.05, 4.69) is 9.71 Å². The van der Waals surface area contributed by atoms with Crippen molar-refractivity contribution >= 4 is 32.5 Å². The number of carbonyl (C=O) groups excluding carboxylic acids is 1. The van der Waals surface area contributed by atoms with Crippen LogP contribution in [0.1, 0.15) is 25.1 Å². The van der Waals surface area contributed by atoms with Gasteiger partial charge in [0.15, 0.2) is 5.13 Å². The van der Waals surface area contributed by atoms with Gasteiger partial charge in [0.1, 0.15) is 5.75 Å². The quantitative estimate of drug-likeness (QED) is 0.610. The molecule has 0 aliphatic rings. The number of anilines is 1. The molecular formula is C15H18N2O4S2. The summed E-state index contributed by atoms with van der Waals surface area (Å²) < 4.78 is 30.4. The first-order valence-corrected chi connectivity index (χ1v) is 9.63. The van der Waals surface area contributed by atoms with Crippen LogP contribution in [0.25, 0.3) is 0 Å². The second-order valence-electron chi connectivity index (χ2n) is 4.89. The summed E-state index contributed by atoms with van der Waals surface area (Å²) in [5.41, 5.74) is 1.93. The van der Waals surface area contributed by atoms with Crippen LogP contribution in [0, 0.1) is 0 Å². The highest BCUT2D eigenvalue weighted by Gasteiger charge is 2.10. The maximum Gasteiger partial charge on any atom is 0.308 e. The van der Waals surface area contributed by atoms with Crippen molar-refractivity contribution in [2.45, 2.75) is 26.7 Å². The molecule has 2 rings (SSSR count). The van der Waals surface area contributed by atoms with Gasteiger partial charge < -0.3 is 4.74 Å². The number of esters is 1. The van der Waals surface area contributed by atoms with Crippen LogP contribution >= 0.6 is 11.3 Å². The SMILES string of the molecule is CCS(=O)(=O)Nc1nc(CCc2ccc(OC(C)=O)cc2)cs1. The van der Waals surface area contributed by atoms with Crippen LogP contribution in [0.15, 0.2) is 29.6 Å². The van der Waals surface area contributed by atoms with Crippen molar-refractivity contribution in [3.8, 4) is 5.75 Å². The van der Waals surface area contributed by atoms with Crippen LogP contribution in [-0.4, -0.2) is 25.1 Å². The summed E-state index contributed by atoms with van der Waals surface area (Å²) in [6, 6.07) is 7.29. The number of thiazole rings is 1. The fourth-order valence-electron chi connectivity index (χ4n) is 1.84. The summed E-state index contributed by atoms with van der Waals surface area (Å²) in [4.78, 5) is 15.1. The molecule has 1 N–H and O–H groups in total. The van der Waals surface area contributed by atoms with Gasteiger partial charge in [-0.3, -0.25) is 9.52 Å². The van der Waals surface area contributed by atoms with E-state index in [4.69, 9.17) is 4.74 Å². The summed E-state index contributed by atoms with van der Waals surface area (Å²) in [7, 11) is -3.28. The fraction of sp³-hybridized carbons (Fsp3) is 0.333. The predicted octanol–water partition coefficient (Wildman–Crippen LogP) is 2.62. The number of aromatic nitrogens is 1. The topological polar surface area (TPSA) is 85.4 Å². The standard InChI is InChI=1S/C15H18N2O4S2/c1-3-23(19,20)17-15-16-13(10-22-15)7-4-12-5-8-14(9-6-12)21-11(2)18/h5-6,8-10H,3-4,7H2,1-2H3,(H,16,17). The molecule has 23 heavy (non-hydrogen) atoms. The predicted molar refractivity (Wildman–Crippen MR) is 90.4 cm³/mol. The number of nitrogens with one attached hydrogen (secondary N) is 1. The molecule has 0 bridgehead atoms. The zero-order valence-corrected chi connectivity index (χ0v) is 14.5. The summed E-state index contributed by atoms with van der Waals surface area (Å²) >= 11 is 1.28. The molecule has 0 spiro atoms. The monoisotopic (exact) mass is 354 g/mol. The van der Waals surface area contributed by atoms with E-state index in [-0.39, 0.29) is 11.7 Å². The van der Waals surface area contributed by atoms with Gasteiger partial charge in [0.25, 0.3) is 0 Å². The average molecular weight is 354 g/mol. The van der Waals surface area contributed by atoms with Crippen molar-refractivity contribution in [2.24, 2.45) is 0 Å². The van der Waals surface area contributed by atoms with Crippen molar-refractivity contribution in [1.29, 1.82) is 0 Å². The number of nitrogens with zero attached hydrogens (tertiary/aromatic N) is 1. The molecule has 0 radical (unpaired) electrons. The van der Waals surface area contributed by atoms with E-state index >= 15 is 0 Å². The lowest BCUT2D eigenvalue weighted by Crippen LogP contribution is -2.14. The van der Waals surface area contributed by atoms with Crippen LogP contribution in [0.4, 0.5) is 5.13 Å². The zero-order valence-electron chi connectivity index (χ0n) is 12.9. The second-order valence-corrected chi connectivity index (χ2v) is 7.76. The van der Waals surface area contributed by atoms with Gasteiger partial charge in [-0.15, -0.1) is 11.3 Å². The van der Waals surface area contributed by atoms with Crippen molar-refractivity contribution in [1.82, 2.24) is 4.98 Å². The van der Waals surface area contributed by atoms with E-state index in [1.165, 1.54) is 18.3 Å². The minimum Gasteiger partial charge on any atom is -0.427 e. The molecule has 0 fully saturated rings. The third-order valence-electron chi connectivity index (χ3n) is 3.03. The number of ether oxygens (including phenoxy) is 1. The van der Waals surface area contributed by atoms with Crippen LogP contribution in [0.5, 0.6) is 5.75 Å². The van der Waals surface area contributed by atoms with E-state index in [0.29, 0.717) is 17.3 Å². The summed E-state index contributed by atoms with van der Waals surface area (Å²) in [5, 5.41) is 2.24. The molecule has 0 amide bonds. The first-order chi connectivity index (χ1) is 10.9. The van der Waals surface area contributed by atoms with Gasteiger partial charge >= 0.3 is 5.97 Å². The zero-order chi connectivity index (χ0) is 16.9. The number of sulfonamides is 1. The minimum atomic E-state index is -3.28. The maximum absolute atomic E-state index is 11.5. The third-order valence-corrected chi connectivity index (χ3v) is 5.23. The molecule has 1 heterocycles. The molecular weight excluding hydrogens is 336 g/mol. The van der Waals surface area contributed by atoms with Gasteiger partial charge in [0, 0.05) is 12.3 Å². The fourth-order valence-corrected chi connectivity index (χ4v) is 3.45. The largest absolute Gasteiger partial charge is 0.427 e. The average Bonchev–Trinajstić information content (AvgIpc) is 2.93. The molecule has 0 unspecified atom stereocenters. The number of carbonyl (C=O) groups is 1. The molecule has 8 heteroatoms. The van der Waals surface area contributed by atoms with Gasteiger partial charge in [-0.2, -0.15) is 0 Å². The molecule has 0 aliphatic carbocycles. The Balaban J connectivity index is 1.91. The molecule has 124 valence electrons. The van der Waals surface area contributed by atoms with Crippen molar-refractivity contribution in [3.05, 3.63) is 40.9 Å². The lowest BCUT2D eigenvalue weighted by Gasteiger charge is -2.03. The Labute approximate surface area is 139 Å². The molecule has 0 aliphatic heterocycles. The van der Waals surface area contributed by atoms with Crippen molar-refractivity contribution in [2.75, 3.05) is 10.5 Å². The van der Waals surface area contributed by atoms with Gasteiger partial charge in [-0.25, -0.2) is 13.4 Å². The highest BCUT2D eigenvalue weighted by Crippen LogP contribution is 2.19. The molecule has 0 saturated carbocycles. The van der Waals surface area contributed by atoms with Gasteiger partial charge in [0.2, 0.25) is 10.0 Å². The number of hydrogen-bond acceptors (Lipinski definition) is 6. The Morgan fingerprint density at radius 2 is 1.96 bits per heavy atom. The Morgan fingerprint density at radius 1 is 1.26 bits per heavy atom. The van der Waals surface area contributed by atoms with E-state index in [1.807, 2.05) is 17.5 Å². The summed E-state index contributed by atoms with van der Waals surface area (Å²) in [6.45, 7) is 2.94. The first-order valence-electron chi connectivity index (χ1n) is 7.10. The second kappa shape index (κ2) is 7.56. The third kappa shape index (κ3) is 5.65. The lowest BCUT2D eigenvalue weighted by molar-refractivity contribution is -0.131. The smallest absolute Gasteiger partial charge is 0.308 e. The molecule has 0 atom stereocenters. The van der Waals surface area contributed by atoms with Crippen LogP contribution in [0.3, 0.4) is 0 Å². The van der Waals surface area contributed by atoms with Gasteiger partial charge in [-0.05, 0) is 37.5 Å². The highest BCUT2D eigenvalue weighted by molar-refractivity contribution is 7.92. The Kier molecular flexibility index (Phi) is 5.73. The van der Waals surface area contributed by atoms with E-state index < -0.39 is 10.0 Å². The normalized spacial score (nSPS) is 11.2. The number of benzene rings is 1. The molecule has 6 nitrogen and oxygen atoms in total. The minimum absolute atomic E-state index is 0.0244. The van der Waals surface area contributed by atoms with Gasteiger partial charge in [0.05, 0.1) is 11.4 Å². The number of hydrogen-bond donors (Lipinski definition) is 1. The Bertz CT molecular complexity index is 767.